The van der Waals surface area contributed by atoms with E-state index in [9.17, 15) is 8.78 Å². The summed E-state index contributed by atoms with van der Waals surface area (Å²) in [4.78, 5) is 0. The Bertz CT molecular complexity index is 917. The minimum atomic E-state index is -0.428. The van der Waals surface area contributed by atoms with Crippen LogP contribution >= 0.6 is 11.6 Å². The highest BCUT2D eigenvalue weighted by molar-refractivity contribution is 6.30. The molecule has 3 aromatic rings. The van der Waals surface area contributed by atoms with Gasteiger partial charge in [0.15, 0.2) is 0 Å². The maximum atomic E-state index is 14.4. The molecule has 3 heteroatoms. The van der Waals surface area contributed by atoms with Crippen molar-refractivity contribution in [1.82, 2.24) is 0 Å². The van der Waals surface area contributed by atoms with Gasteiger partial charge in [-0.2, -0.15) is 0 Å². The minimum absolute atomic E-state index is 0.306. The predicted molar refractivity (Wildman–Crippen MR) is 105 cm³/mol. The molecule has 0 aliphatic heterocycles. The van der Waals surface area contributed by atoms with Crippen molar-refractivity contribution in [2.24, 2.45) is 0 Å². The molecule has 0 unspecified atom stereocenters. The summed E-state index contributed by atoms with van der Waals surface area (Å²) >= 11 is 5.74. The maximum absolute atomic E-state index is 14.4. The van der Waals surface area contributed by atoms with Crippen LogP contribution in [0.15, 0.2) is 66.7 Å². The summed E-state index contributed by atoms with van der Waals surface area (Å²) in [7, 11) is 0. The molecule has 0 radical (unpaired) electrons. The van der Waals surface area contributed by atoms with Gasteiger partial charge in [-0.25, -0.2) is 8.78 Å². The third-order valence-corrected chi connectivity index (χ3v) is 4.62. The lowest BCUT2D eigenvalue weighted by molar-refractivity contribution is 0.620. The van der Waals surface area contributed by atoms with Gasteiger partial charge in [0.1, 0.15) is 11.6 Å². The number of hydrogen-bond donors (Lipinski definition) is 0. The molecular weight excluding hydrogens is 350 g/mol. The second-order valence-electron chi connectivity index (χ2n) is 6.37. The van der Waals surface area contributed by atoms with Crippen LogP contribution < -0.4 is 0 Å². The van der Waals surface area contributed by atoms with Gasteiger partial charge in [0.05, 0.1) is 0 Å². The third kappa shape index (κ3) is 4.59. The zero-order valence-corrected chi connectivity index (χ0v) is 15.2. The average molecular weight is 369 g/mol. The van der Waals surface area contributed by atoms with E-state index in [1.165, 1.54) is 11.6 Å². The zero-order valence-electron chi connectivity index (χ0n) is 14.4. The van der Waals surface area contributed by atoms with Crippen molar-refractivity contribution in [2.45, 2.75) is 19.3 Å². The molecule has 3 aromatic carbocycles. The third-order valence-electron chi connectivity index (χ3n) is 4.38. The van der Waals surface area contributed by atoms with E-state index < -0.39 is 5.82 Å². The molecule has 0 spiro atoms. The first kappa shape index (κ1) is 18.3. The second-order valence-corrected chi connectivity index (χ2v) is 6.81. The first-order chi connectivity index (χ1) is 12.5. The van der Waals surface area contributed by atoms with Crippen LogP contribution in [0.25, 0.3) is 12.2 Å². The molecular formula is C23H19ClF2. The van der Waals surface area contributed by atoms with Crippen molar-refractivity contribution >= 4 is 23.8 Å². The molecule has 0 aliphatic rings. The molecule has 0 saturated carbocycles. The summed E-state index contributed by atoms with van der Waals surface area (Å²) in [5, 5.41) is 0.336. The van der Waals surface area contributed by atoms with E-state index in [1.54, 1.807) is 36.4 Å². The van der Waals surface area contributed by atoms with Crippen molar-refractivity contribution in [3.8, 4) is 0 Å². The van der Waals surface area contributed by atoms with Crippen LogP contribution in [0.2, 0.25) is 5.02 Å². The topological polar surface area (TPSA) is 0 Å². The Morgan fingerprint density at radius 3 is 2.08 bits per heavy atom. The van der Waals surface area contributed by atoms with Crippen molar-refractivity contribution in [3.05, 3.63) is 106 Å². The second kappa shape index (κ2) is 8.29. The Hall–Kier alpha value is -2.45. The standard InChI is InChI=1S/C23H19ClF2/c1-16(18-5-3-2-4-6-18)13-17-7-8-19(22(25)14-17)9-10-20-11-12-21(24)15-23(20)26/h2-12,14-16H,13H2,1H3/t16-/m1/s1. The zero-order chi connectivity index (χ0) is 18.5. The van der Waals surface area contributed by atoms with Gasteiger partial charge in [0.2, 0.25) is 0 Å². The van der Waals surface area contributed by atoms with Gasteiger partial charge in [0.25, 0.3) is 0 Å². The van der Waals surface area contributed by atoms with Crippen molar-refractivity contribution in [3.63, 3.8) is 0 Å². The highest BCUT2D eigenvalue weighted by Crippen LogP contribution is 2.23. The van der Waals surface area contributed by atoms with E-state index in [-0.39, 0.29) is 5.82 Å². The van der Waals surface area contributed by atoms with Crippen molar-refractivity contribution in [1.29, 1.82) is 0 Å². The van der Waals surface area contributed by atoms with Gasteiger partial charge < -0.3 is 0 Å². The van der Waals surface area contributed by atoms with Crippen LogP contribution in [0.5, 0.6) is 0 Å². The Balaban J connectivity index is 1.74. The van der Waals surface area contributed by atoms with Crippen molar-refractivity contribution in [2.75, 3.05) is 0 Å². The Kier molecular flexibility index (Phi) is 5.85. The van der Waals surface area contributed by atoms with Gasteiger partial charge in [-0.1, -0.05) is 79.2 Å². The normalized spacial score (nSPS) is 12.5. The fourth-order valence-corrected chi connectivity index (χ4v) is 3.06. The van der Waals surface area contributed by atoms with Crippen LogP contribution in [0.3, 0.4) is 0 Å². The van der Waals surface area contributed by atoms with Gasteiger partial charge in [-0.05, 0) is 41.7 Å². The van der Waals surface area contributed by atoms with E-state index in [1.807, 2.05) is 24.3 Å². The summed E-state index contributed by atoms with van der Waals surface area (Å²) in [6.45, 7) is 2.13. The van der Waals surface area contributed by atoms with Crippen molar-refractivity contribution < 1.29 is 8.78 Å². The molecule has 0 saturated heterocycles. The van der Waals surface area contributed by atoms with E-state index in [0.29, 0.717) is 22.1 Å². The first-order valence-electron chi connectivity index (χ1n) is 8.49. The summed E-state index contributed by atoms with van der Waals surface area (Å²) in [5.74, 6) is -0.434. The van der Waals surface area contributed by atoms with Gasteiger partial charge >= 0.3 is 0 Å². The lowest BCUT2D eigenvalue weighted by atomic mass is 9.93. The highest BCUT2D eigenvalue weighted by atomic mass is 35.5. The molecule has 0 nitrogen and oxygen atoms in total. The number of halogens is 3. The summed E-state index contributed by atoms with van der Waals surface area (Å²) in [6, 6.07) is 19.8. The fourth-order valence-electron chi connectivity index (χ4n) is 2.90. The minimum Gasteiger partial charge on any atom is -0.206 e. The van der Waals surface area contributed by atoms with Crippen LogP contribution in [0.1, 0.15) is 35.1 Å². The van der Waals surface area contributed by atoms with Crippen LogP contribution in [0.4, 0.5) is 8.78 Å². The molecule has 1 atom stereocenters. The lowest BCUT2D eigenvalue weighted by Gasteiger charge is -2.12. The van der Waals surface area contributed by atoms with E-state index in [0.717, 1.165) is 12.0 Å². The molecule has 0 aliphatic carbocycles. The molecule has 26 heavy (non-hydrogen) atoms. The number of rotatable bonds is 5. The van der Waals surface area contributed by atoms with Gasteiger partial charge in [-0.15, -0.1) is 0 Å². The molecule has 0 aromatic heterocycles. The lowest BCUT2D eigenvalue weighted by Crippen LogP contribution is -1.99. The number of benzene rings is 3. The molecule has 3 rings (SSSR count). The first-order valence-corrected chi connectivity index (χ1v) is 8.87. The van der Waals surface area contributed by atoms with Gasteiger partial charge in [0, 0.05) is 16.1 Å². The largest absolute Gasteiger partial charge is 0.206 e. The Morgan fingerprint density at radius 1 is 0.846 bits per heavy atom. The van der Waals surface area contributed by atoms with Crippen LogP contribution in [0, 0.1) is 11.6 Å². The van der Waals surface area contributed by atoms with Gasteiger partial charge in [-0.3, -0.25) is 0 Å². The van der Waals surface area contributed by atoms with E-state index >= 15 is 0 Å². The molecule has 0 heterocycles. The van der Waals surface area contributed by atoms with E-state index in [4.69, 9.17) is 11.6 Å². The fraction of sp³-hybridized carbons (Fsp3) is 0.130. The van der Waals surface area contributed by atoms with E-state index in [2.05, 4.69) is 19.1 Å². The SMILES string of the molecule is C[C@H](Cc1ccc(C=Cc2ccc(Cl)cc2F)c(F)c1)c1ccccc1. The summed E-state index contributed by atoms with van der Waals surface area (Å²) in [5.41, 5.74) is 2.97. The predicted octanol–water partition coefficient (Wildman–Crippen LogP) is 7.13. The quantitative estimate of drug-likeness (QED) is 0.420. The Morgan fingerprint density at radius 2 is 1.46 bits per heavy atom. The highest BCUT2D eigenvalue weighted by Gasteiger charge is 2.08. The average Bonchev–Trinajstić information content (AvgIpc) is 2.63. The molecule has 0 N–H and O–H groups in total. The smallest absolute Gasteiger partial charge is 0.131 e. The number of hydrogen-bond acceptors (Lipinski definition) is 0. The molecule has 0 bridgehead atoms. The molecule has 0 fully saturated rings. The molecule has 0 amide bonds. The summed E-state index contributed by atoms with van der Waals surface area (Å²) in [6.07, 6.45) is 3.89. The maximum Gasteiger partial charge on any atom is 0.131 e. The Labute approximate surface area is 157 Å². The van der Waals surface area contributed by atoms with Crippen LogP contribution in [-0.2, 0) is 6.42 Å². The monoisotopic (exact) mass is 368 g/mol. The van der Waals surface area contributed by atoms with Crippen LogP contribution in [-0.4, -0.2) is 0 Å². The summed E-state index contributed by atoms with van der Waals surface area (Å²) < 4.78 is 28.2. The molecule has 132 valence electrons.